The van der Waals surface area contributed by atoms with Crippen LogP contribution in [-0.4, -0.2) is 34.7 Å². The third-order valence-corrected chi connectivity index (χ3v) is 5.47. The molecule has 1 saturated carbocycles. The highest BCUT2D eigenvalue weighted by Gasteiger charge is 2.57. The Kier molecular flexibility index (Phi) is 2.28. The Hall–Kier alpha value is -1.58. The molecule has 20 heavy (non-hydrogen) atoms. The number of hydrogen-bond donors (Lipinski definition) is 1. The van der Waals surface area contributed by atoms with E-state index in [0.717, 1.165) is 42.8 Å². The fraction of sp³-hybridized carbons (Fsp3) is 0.625. The average Bonchev–Trinajstić information content (AvgIpc) is 2.77. The standard InChI is InChI=1S/C16H20N2O2/c1-9-13-11(4-3-5-12(13)19)17-14(9)15(20)18-7-10-6-16(10,2)8-18/h10,17H,3-8H2,1-2H3. The molecule has 106 valence electrons. The van der Waals surface area contributed by atoms with Crippen LogP contribution in [0, 0.1) is 18.3 Å². The van der Waals surface area contributed by atoms with Crippen molar-refractivity contribution in [3.63, 3.8) is 0 Å². The lowest BCUT2D eigenvalue weighted by molar-refractivity contribution is 0.0760. The van der Waals surface area contributed by atoms with Crippen molar-refractivity contribution in [2.45, 2.75) is 39.5 Å². The minimum absolute atomic E-state index is 0.0816. The van der Waals surface area contributed by atoms with Crippen LogP contribution in [0.1, 0.15) is 58.3 Å². The molecule has 1 amide bonds. The minimum Gasteiger partial charge on any atom is -0.354 e. The molecule has 0 radical (unpaired) electrons. The van der Waals surface area contributed by atoms with Crippen LogP contribution in [-0.2, 0) is 6.42 Å². The van der Waals surface area contributed by atoms with Crippen molar-refractivity contribution in [3.05, 3.63) is 22.5 Å². The number of piperidine rings is 1. The highest BCUT2D eigenvalue weighted by atomic mass is 16.2. The van der Waals surface area contributed by atoms with Crippen LogP contribution < -0.4 is 0 Å². The zero-order valence-electron chi connectivity index (χ0n) is 12.1. The van der Waals surface area contributed by atoms with E-state index in [0.29, 0.717) is 23.4 Å². The van der Waals surface area contributed by atoms with Gasteiger partial charge < -0.3 is 9.88 Å². The maximum atomic E-state index is 12.7. The van der Waals surface area contributed by atoms with Crippen molar-refractivity contribution in [2.24, 2.45) is 11.3 Å². The molecule has 0 bridgehead atoms. The highest BCUT2D eigenvalue weighted by molar-refractivity contribution is 6.04. The normalized spacial score (nSPS) is 31.2. The number of likely N-dealkylation sites (tertiary alicyclic amines) is 1. The van der Waals surface area contributed by atoms with E-state index in [1.807, 2.05) is 11.8 Å². The van der Waals surface area contributed by atoms with E-state index in [1.165, 1.54) is 6.42 Å². The summed E-state index contributed by atoms with van der Waals surface area (Å²) in [6, 6.07) is 0. The molecule has 3 aliphatic rings. The zero-order valence-corrected chi connectivity index (χ0v) is 12.1. The van der Waals surface area contributed by atoms with Crippen LogP contribution in [0.4, 0.5) is 0 Å². The summed E-state index contributed by atoms with van der Waals surface area (Å²) in [5.74, 6) is 0.964. The van der Waals surface area contributed by atoms with Crippen molar-refractivity contribution in [3.8, 4) is 0 Å². The summed E-state index contributed by atoms with van der Waals surface area (Å²) < 4.78 is 0. The molecular weight excluding hydrogens is 252 g/mol. The van der Waals surface area contributed by atoms with Crippen LogP contribution in [0.15, 0.2) is 0 Å². The minimum atomic E-state index is 0.0816. The molecule has 2 aliphatic carbocycles. The first-order valence-corrected chi connectivity index (χ1v) is 7.53. The molecule has 1 aromatic heterocycles. The molecule has 1 aromatic rings. The lowest BCUT2D eigenvalue weighted by Gasteiger charge is -2.19. The van der Waals surface area contributed by atoms with E-state index in [9.17, 15) is 9.59 Å². The Bertz CT molecular complexity index is 631. The van der Waals surface area contributed by atoms with Gasteiger partial charge in [0, 0.05) is 30.8 Å². The van der Waals surface area contributed by atoms with Crippen molar-refractivity contribution in [2.75, 3.05) is 13.1 Å². The number of ketones is 1. The third kappa shape index (κ3) is 1.54. The molecule has 4 heteroatoms. The Balaban J connectivity index is 1.66. The Morgan fingerprint density at radius 1 is 1.40 bits per heavy atom. The number of nitrogens with zero attached hydrogens (tertiary/aromatic N) is 1. The Morgan fingerprint density at radius 3 is 2.85 bits per heavy atom. The monoisotopic (exact) mass is 272 g/mol. The second-order valence-electron chi connectivity index (χ2n) is 7.00. The van der Waals surface area contributed by atoms with Gasteiger partial charge in [-0.15, -0.1) is 0 Å². The number of aryl methyl sites for hydroxylation is 1. The second-order valence-corrected chi connectivity index (χ2v) is 7.00. The number of aromatic amines is 1. The third-order valence-electron chi connectivity index (χ3n) is 5.47. The number of hydrogen-bond acceptors (Lipinski definition) is 2. The molecule has 1 saturated heterocycles. The molecule has 1 N–H and O–H groups in total. The lowest BCUT2D eigenvalue weighted by Crippen LogP contribution is -2.32. The number of amides is 1. The zero-order chi connectivity index (χ0) is 14.1. The molecule has 2 heterocycles. The van der Waals surface area contributed by atoms with Gasteiger partial charge in [-0.1, -0.05) is 6.92 Å². The number of aromatic nitrogens is 1. The number of fused-ring (bicyclic) bond motifs is 2. The van der Waals surface area contributed by atoms with Gasteiger partial charge in [0.15, 0.2) is 5.78 Å². The second kappa shape index (κ2) is 3.74. The first kappa shape index (κ1) is 12.2. The number of nitrogens with one attached hydrogen (secondary N) is 1. The van der Waals surface area contributed by atoms with E-state index < -0.39 is 0 Å². The molecule has 1 aliphatic heterocycles. The lowest BCUT2D eigenvalue weighted by atomic mass is 9.94. The summed E-state index contributed by atoms with van der Waals surface area (Å²) in [5.41, 5.74) is 3.63. The first-order valence-electron chi connectivity index (χ1n) is 7.53. The predicted octanol–water partition coefficient (Wildman–Crippen LogP) is 2.32. The highest BCUT2D eigenvalue weighted by Crippen LogP contribution is 2.57. The fourth-order valence-electron chi connectivity index (χ4n) is 4.05. The molecule has 0 spiro atoms. The summed E-state index contributed by atoms with van der Waals surface area (Å²) in [6.07, 6.45) is 3.65. The predicted molar refractivity (Wildman–Crippen MR) is 74.9 cm³/mol. The number of carbonyl (C=O) groups excluding carboxylic acids is 2. The Morgan fingerprint density at radius 2 is 2.20 bits per heavy atom. The smallest absolute Gasteiger partial charge is 0.270 e. The number of Topliss-reactive ketones (excluding diaryl/α,β-unsaturated/α-hetero) is 1. The largest absolute Gasteiger partial charge is 0.354 e. The fourth-order valence-corrected chi connectivity index (χ4v) is 4.05. The molecular formula is C16H20N2O2. The van der Waals surface area contributed by atoms with Gasteiger partial charge in [-0.25, -0.2) is 0 Å². The van der Waals surface area contributed by atoms with E-state index >= 15 is 0 Å². The van der Waals surface area contributed by atoms with Crippen molar-refractivity contribution in [1.29, 1.82) is 0 Å². The summed E-state index contributed by atoms with van der Waals surface area (Å²) in [4.78, 5) is 29.9. The van der Waals surface area contributed by atoms with Gasteiger partial charge in [-0.2, -0.15) is 0 Å². The van der Waals surface area contributed by atoms with Crippen molar-refractivity contribution in [1.82, 2.24) is 9.88 Å². The van der Waals surface area contributed by atoms with E-state index in [1.54, 1.807) is 0 Å². The van der Waals surface area contributed by atoms with Crippen molar-refractivity contribution < 1.29 is 9.59 Å². The number of carbonyl (C=O) groups is 2. The molecule has 2 fully saturated rings. The van der Waals surface area contributed by atoms with Gasteiger partial charge in [0.05, 0.1) is 0 Å². The van der Waals surface area contributed by atoms with E-state index in [2.05, 4.69) is 11.9 Å². The molecule has 2 atom stereocenters. The van der Waals surface area contributed by atoms with Crippen molar-refractivity contribution >= 4 is 11.7 Å². The van der Waals surface area contributed by atoms with Crippen LogP contribution in [0.5, 0.6) is 0 Å². The van der Waals surface area contributed by atoms with Gasteiger partial charge in [0.2, 0.25) is 0 Å². The van der Waals surface area contributed by atoms with Crippen LogP contribution in [0.2, 0.25) is 0 Å². The van der Waals surface area contributed by atoms with Gasteiger partial charge >= 0.3 is 0 Å². The summed E-state index contributed by atoms with van der Waals surface area (Å²) in [7, 11) is 0. The maximum Gasteiger partial charge on any atom is 0.270 e. The molecule has 4 nitrogen and oxygen atoms in total. The first-order chi connectivity index (χ1) is 9.49. The van der Waals surface area contributed by atoms with Crippen LogP contribution in [0.25, 0.3) is 0 Å². The molecule has 2 unspecified atom stereocenters. The van der Waals surface area contributed by atoms with Crippen LogP contribution >= 0.6 is 0 Å². The van der Waals surface area contributed by atoms with Gasteiger partial charge in [0.25, 0.3) is 5.91 Å². The van der Waals surface area contributed by atoms with E-state index in [-0.39, 0.29) is 11.7 Å². The average molecular weight is 272 g/mol. The summed E-state index contributed by atoms with van der Waals surface area (Å²) in [6.45, 7) is 5.92. The number of rotatable bonds is 1. The molecule has 0 aromatic carbocycles. The maximum absolute atomic E-state index is 12.7. The van der Waals surface area contributed by atoms with E-state index in [4.69, 9.17) is 0 Å². The SMILES string of the molecule is Cc1c(C(=O)N2CC3CC3(C)C2)[nH]c2c1C(=O)CCC2. The summed E-state index contributed by atoms with van der Waals surface area (Å²) in [5, 5.41) is 0. The Labute approximate surface area is 118 Å². The quantitative estimate of drug-likeness (QED) is 0.853. The van der Waals surface area contributed by atoms with Gasteiger partial charge in [-0.05, 0) is 43.1 Å². The number of H-pyrrole nitrogens is 1. The topological polar surface area (TPSA) is 53.2 Å². The van der Waals surface area contributed by atoms with Crippen LogP contribution in [0.3, 0.4) is 0 Å². The molecule has 4 rings (SSSR count). The van der Waals surface area contributed by atoms with Gasteiger partial charge in [0.1, 0.15) is 5.69 Å². The van der Waals surface area contributed by atoms with Gasteiger partial charge in [-0.3, -0.25) is 9.59 Å². The summed E-state index contributed by atoms with van der Waals surface area (Å²) >= 11 is 0.